The smallest absolute Gasteiger partial charge is 0.460 e. The van der Waals surface area contributed by atoms with E-state index in [1.165, 1.54) is 6.42 Å². The number of hydrogen-bond donors (Lipinski definition) is 0. The highest BCUT2D eigenvalue weighted by atomic mass is 35.5. The molecule has 1 aliphatic rings. The van der Waals surface area contributed by atoms with Crippen LogP contribution in [0, 0.1) is 0 Å². The summed E-state index contributed by atoms with van der Waals surface area (Å²) in [7, 11) is 0. The van der Waals surface area contributed by atoms with E-state index < -0.39 is 11.8 Å². The van der Waals surface area contributed by atoms with E-state index in [2.05, 4.69) is 12.1 Å². The third kappa shape index (κ3) is 11.2. The normalized spacial score (nSPS) is 15.8. The van der Waals surface area contributed by atoms with Gasteiger partial charge in [0.25, 0.3) is 0 Å². The topological polar surface area (TPSA) is 71.1 Å². The van der Waals surface area contributed by atoms with Gasteiger partial charge >= 0.3 is 12.1 Å². The molecule has 8 heteroatoms. The fourth-order valence-electron chi connectivity index (χ4n) is 4.77. The van der Waals surface area contributed by atoms with Gasteiger partial charge in [0.15, 0.2) is 0 Å². The zero-order valence-corrected chi connectivity index (χ0v) is 24.3. The van der Waals surface area contributed by atoms with Crippen molar-refractivity contribution in [2.45, 2.75) is 71.0 Å². The molecule has 0 aliphatic carbocycles. The van der Waals surface area contributed by atoms with E-state index in [4.69, 9.17) is 30.5 Å². The number of halogens is 1. The number of carbonyl (C=O) groups is 2. The fourth-order valence-corrected chi connectivity index (χ4v) is 4.89. The lowest BCUT2D eigenvalue weighted by Crippen LogP contribution is -2.54. The number of hydrogen-bond acceptors (Lipinski definition) is 6. The van der Waals surface area contributed by atoms with Crippen LogP contribution < -0.4 is 0 Å². The van der Waals surface area contributed by atoms with E-state index in [1.54, 1.807) is 0 Å². The summed E-state index contributed by atoms with van der Waals surface area (Å²) in [6.45, 7) is 9.12. The van der Waals surface area contributed by atoms with Crippen molar-refractivity contribution >= 4 is 23.7 Å². The quantitative estimate of drug-likeness (QED) is 0.148. The van der Waals surface area contributed by atoms with Crippen molar-refractivity contribution in [3.8, 4) is 0 Å². The van der Waals surface area contributed by atoms with Crippen LogP contribution in [0.3, 0.4) is 0 Å². The molecule has 1 saturated heterocycles. The summed E-state index contributed by atoms with van der Waals surface area (Å²) in [6, 6.07) is 17.9. The molecule has 2 aromatic carbocycles. The van der Waals surface area contributed by atoms with Crippen molar-refractivity contribution in [1.29, 1.82) is 0 Å². The largest absolute Gasteiger partial charge is 0.512 e. The molecule has 0 aromatic heterocycles. The van der Waals surface area contributed by atoms with Crippen LogP contribution in [-0.2, 0) is 23.7 Å². The van der Waals surface area contributed by atoms with Crippen LogP contribution in [0.25, 0.3) is 0 Å². The van der Waals surface area contributed by atoms with Crippen LogP contribution in [0.1, 0.15) is 76.5 Å². The van der Waals surface area contributed by atoms with Crippen molar-refractivity contribution < 1.29 is 33.0 Å². The van der Waals surface area contributed by atoms with Crippen LogP contribution >= 0.6 is 11.6 Å². The van der Waals surface area contributed by atoms with Crippen molar-refractivity contribution in [3.63, 3.8) is 0 Å². The van der Waals surface area contributed by atoms with Gasteiger partial charge in [-0.3, -0.25) is 9.28 Å². The van der Waals surface area contributed by atoms with E-state index >= 15 is 0 Å². The summed E-state index contributed by atoms with van der Waals surface area (Å²) in [5.74, 6) is -0.241. The predicted molar refractivity (Wildman–Crippen MR) is 151 cm³/mol. The van der Waals surface area contributed by atoms with Gasteiger partial charge in [0.05, 0.1) is 26.3 Å². The lowest BCUT2D eigenvalue weighted by Gasteiger charge is -2.40. The number of nitrogens with zero attached hydrogens (tertiary/aromatic N) is 1. The van der Waals surface area contributed by atoms with Crippen molar-refractivity contribution in [1.82, 2.24) is 0 Å². The number of rotatable bonds is 13. The molecular formula is C31H43ClNO6+. The Hall–Kier alpha value is -2.61. The molecule has 3 rings (SSSR count). The molecule has 1 fully saturated rings. The lowest BCUT2D eigenvalue weighted by molar-refractivity contribution is -0.948. The first kappa shape index (κ1) is 30.9. The van der Waals surface area contributed by atoms with Crippen molar-refractivity contribution in [2.24, 2.45) is 0 Å². The molecule has 1 atom stereocenters. The Labute approximate surface area is 237 Å². The summed E-state index contributed by atoms with van der Waals surface area (Å²) >= 11 is 6.11. The number of unbranched alkanes of at least 4 members (excludes halogenated alkanes) is 1. The minimum atomic E-state index is -0.667. The monoisotopic (exact) mass is 560 g/mol. The number of quaternary nitrogens is 1. The van der Waals surface area contributed by atoms with Crippen LogP contribution in [-0.4, -0.2) is 61.8 Å². The molecule has 1 heterocycles. The number of ether oxygens (including phenoxy) is 4. The summed E-state index contributed by atoms with van der Waals surface area (Å²) in [5.41, 5.74) is 1.63. The zero-order valence-electron chi connectivity index (χ0n) is 23.5. The highest BCUT2D eigenvalue weighted by Gasteiger charge is 2.32. The first-order valence-corrected chi connectivity index (χ1v) is 14.3. The second-order valence-electron chi connectivity index (χ2n) is 11.2. The highest BCUT2D eigenvalue weighted by Crippen LogP contribution is 2.28. The first-order valence-electron chi connectivity index (χ1n) is 13.9. The molecule has 39 heavy (non-hydrogen) atoms. The minimum absolute atomic E-state index is 0.208. The van der Waals surface area contributed by atoms with Crippen LogP contribution in [0.5, 0.6) is 0 Å². The highest BCUT2D eigenvalue weighted by molar-refractivity contribution is 6.30. The Kier molecular flexibility index (Phi) is 12.1. The maximum absolute atomic E-state index is 12.3. The molecule has 0 amide bonds. The number of carbonyl (C=O) groups excluding carboxylic acids is 2. The number of piperidine rings is 1. The molecule has 7 nitrogen and oxygen atoms in total. The van der Waals surface area contributed by atoms with E-state index in [-0.39, 0.29) is 25.4 Å². The third-order valence-electron chi connectivity index (χ3n) is 6.76. The van der Waals surface area contributed by atoms with Gasteiger partial charge in [-0.2, -0.15) is 0 Å². The predicted octanol–water partition coefficient (Wildman–Crippen LogP) is 7.07. The summed E-state index contributed by atoms with van der Waals surface area (Å²) in [6.07, 6.45) is 3.95. The van der Waals surface area contributed by atoms with Crippen LogP contribution in [0.2, 0.25) is 5.02 Å². The number of esters is 1. The fraction of sp³-hybridized carbons (Fsp3) is 0.548. The molecule has 0 spiro atoms. The molecule has 0 N–H and O–H groups in total. The average molecular weight is 561 g/mol. The molecule has 0 bridgehead atoms. The van der Waals surface area contributed by atoms with E-state index in [1.807, 2.05) is 63.2 Å². The standard InChI is InChI=1S/C31H43ClNO6/c1-31(2,3)39-28(34)14-8-11-22-37-30(35)38-24-33(19-9-5-10-20-33)21-23-36-29(25-12-6-4-7-13-25)26-15-17-27(32)18-16-26/h4,6-7,12-13,15-18,29H,5,8-11,14,19-24H2,1-3H3/q+1. The molecule has 0 saturated carbocycles. The van der Waals surface area contributed by atoms with Gasteiger partial charge in [-0.1, -0.05) is 54.1 Å². The maximum atomic E-state index is 12.3. The second-order valence-corrected chi connectivity index (χ2v) is 11.6. The van der Waals surface area contributed by atoms with Gasteiger partial charge < -0.3 is 18.9 Å². The Morgan fingerprint density at radius 3 is 2.21 bits per heavy atom. The molecule has 2 aromatic rings. The van der Waals surface area contributed by atoms with Crippen molar-refractivity contribution in [2.75, 3.05) is 39.6 Å². The minimum Gasteiger partial charge on any atom is -0.460 e. The Bertz CT molecular complexity index is 1020. The lowest BCUT2D eigenvalue weighted by atomic mass is 10.0. The van der Waals surface area contributed by atoms with E-state index in [9.17, 15) is 9.59 Å². The SMILES string of the molecule is CC(C)(C)OC(=O)CCCCOC(=O)OC[N+]1(CCOC(c2ccccc2)c2ccc(Cl)cc2)CCCCC1. The van der Waals surface area contributed by atoms with Crippen LogP contribution in [0.15, 0.2) is 54.6 Å². The van der Waals surface area contributed by atoms with E-state index in [0.717, 1.165) is 43.6 Å². The van der Waals surface area contributed by atoms with Gasteiger partial charge in [0.1, 0.15) is 18.2 Å². The first-order chi connectivity index (χ1) is 18.7. The second kappa shape index (κ2) is 15.2. The Balaban J connectivity index is 1.47. The van der Waals surface area contributed by atoms with Crippen molar-refractivity contribution in [3.05, 3.63) is 70.7 Å². The number of benzene rings is 2. The third-order valence-corrected chi connectivity index (χ3v) is 7.01. The molecule has 214 valence electrons. The molecule has 1 aliphatic heterocycles. The molecule has 1 unspecified atom stereocenters. The van der Waals surface area contributed by atoms with Gasteiger partial charge in [0, 0.05) is 11.4 Å². The van der Waals surface area contributed by atoms with Gasteiger partial charge in [-0.05, 0) is 76.1 Å². The zero-order chi connectivity index (χ0) is 28.1. The van der Waals surface area contributed by atoms with Gasteiger partial charge in [0.2, 0.25) is 6.73 Å². The summed E-state index contributed by atoms with van der Waals surface area (Å²) < 4.78 is 23.3. The molecule has 0 radical (unpaired) electrons. The number of likely N-dealkylation sites (tertiary alicyclic amines) is 1. The van der Waals surface area contributed by atoms with Gasteiger partial charge in [-0.25, -0.2) is 4.79 Å². The van der Waals surface area contributed by atoms with Crippen LogP contribution in [0.4, 0.5) is 4.79 Å². The van der Waals surface area contributed by atoms with Gasteiger partial charge in [-0.15, -0.1) is 0 Å². The average Bonchev–Trinajstić information content (AvgIpc) is 2.91. The molecular weight excluding hydrogens is 518 g/mol. The summed E-state index contributed by atoms with van der Waals surface area (Å²) in [4.78, 5) is 24.1. The Morgan fingerprint density at radius 1 is 0.872 bits per heavy atom. The Morgan fingerprint density at radius 2 is 1.54 bits per heavy atom. The maximum Gasteiger partial charge on any atom is 0.512 e. The summed E-state index contributed by atoms with van der Waals surface area (Å²) in [5, 5.41) is 0.690. The van der Waals surface area contributed by atoms with E-state index in [0.29, 0.717) is 35.4 Å².